The van der Waals surface area contributed by atoms with Crippen molar-refractivity contribution < 1.29 is 9.15 Å². The van der Waals surface area contributed by atoms with Gasteiger partial charge < -0.3 is 9.15 Å². The molecule has 5 nitrogen and oxygen atoms in total. The van der Waals surface area contributed by atoms with E-state index in [1.807, 2.05) is 25.1 Å². The lowest BCUT2D eigenvalue weighted by Crippen LogP contribution is -2.24. The zero-order valence-corrected chi connectivity index (χ0v) is 14.3. The smallest absolute Gasteiger partial charge is 0.181 e. The molecular weight excluding hydrogens is 314 g/mol. The van der Waals surface area contributed by atoms with Gasteiger partial charge in [-0.1, -0.05) is 18.2 Å². The summed E-state index contributed by atoms with van der Waals surface area (Å²) in [7, 11) is 0. The van der Waals surface area contributed by atoms with Crippen molar-refractivity contribution in [2.45, 2.75) is 26.0 Å². The lowest BCUT2D eigenvalue weighted by Gasteiger charge is -2.17. The predicted octanol–water partition coefficient (Wildman–Crippen LogP) is 3.70. The van der Waals surface area contributed by atoms with Crippen LogP contribution in [0.3, 0.4) is 0 Å². The van der Waals surface area contributed by atoms with Gasteiger partial charge >= 0.3 is 0 Å². The molecule has 1 atom stereocenters. The van der Waals surface area contributed by atoms with E-state index in [0.29, 0.717) is 0 Å². The number of aryl methyl sites for hydroxylation is 1. The molecule has 0 saturated carbocycles. The highest BCUT2D eigenvalue weighted by Gasteiger charge is 2.24. The summed E-state index contributed by atoms with van der Waals surface area (Å²) in [6.07, 6.45) is 6.29. The lowest BCUT2D eigenvalue weighted by molar-refractivity contribution is 0.198. The summed E-state index contributed by atoms with van der Waals surface area (Å²) in [6.45, 7) is 4.88. The SMILES string of the molecule is Cc1cc(OC2CCN(Cc3cccc(-c4cnco4)c3)C2)ccn1. The molecule has 5 heteroatoms. The Morgan fingerprint density at radius 2 is 2.24 bits per heavy atom. The number of pyridine rings is 1. The molecule has 1 unspecified atom stereocenters. The van der Waals surface area contributed by atoms with Crippen molar-refractivity contribution in [2.75, 3.05) is 13.1 Å². The molecule has 25 heavy (non-hydrogen) atoms. The Balaban J connectivity index is 1.37. The number of oxazole rings is 1. The van der Waals surface area contributed by atoms with Crippen LogP contribution in [-0.4, -0.2) is 34.1 Å². The summed E-state index contributed by atoms with van der Waals surface area (Å²) < 4.78 is 11.5. The molecule has 3 aromatic rings. The minimum Gasteiger partial charge on any atom is -0.489 e. The number of ether oxygens (including phenoxy) is 1. The third-order valence-corrected chi connectivity index (χ3v) is 4.45. The average Bonchev–Trinajstić information content (AvgIpc) is 3.27. The molecule has 1 aromatic carbocycles. The molecule has 0 amide bonds. The normalized spacial score (nSPS) is 17.7. The first-order valence-corrected chi connectivity index (χ1v) is 8.56. The van der Waals surface area contributed by atoms with E-state index in [2.05, 4.69) is 33.1 Å². The number of rotatable bonds is 5. The molecule has 0 spiro atoms. The van der Waals surface area contributed by atoms with Crippen molar-refractivity contribution in [3.63, 3.8) is 0 Å². The van der Waals surface area contributed by atoms with E-state index >= 15 is 0 Å². The third kappa shape index (κ3) is 3.88. The minimum atomic E-state index is 0.235. The minimum absolute atomic E-state index is 0.235. The first-order valence-electron chi connectivity index (χ1n) is 8.56. The van der Waals surface area contributed by atoms with E-state index in [1.54, 1.807) is 12.4 Å². The highest BCUT2D eigenvalue weighted by Crippen LogP contribution is 2.23. The van der Waals surface area contributed by atoms with Gasteiger partial charge in [0.1, 0.15) is 11.9 Å². The Morgan fingerprint density at radius 1 is 1.28 bits per heavy atom. The van der Waals surface area contributed by atoms with Gasteiger partial charge in [-0.15, -0.1) is 0 Å². The third-order valence-electron chi connectivity index (χ3n) is 4.45. The summed E-state index contributed by atoms with van der Waals surface area (Å²) in [6, 6.07) is 12.4. The molecule has 0 N–H and O–H groups in total. The van der Waals surface area contributed by atoms with Crippen molar-refractivity contribution in [1.29, 1.82) is 0 Å². The van der Waals surface area contributed by atoms with Gasteiger partial charge in [0.25, 0.3) is 0 Å². The first-order chi connectivity index (χ1) is 12.3. The second-order valence-corrected chi connectivity index (χ2v) is 6.46. The predicted molar refractivity (Wildman–Crippen MR) is 95.2 cm³/mol. The van der Waals surface area contributed by atoms with Gasteiger partial charge in [-0.05, 0) is 31.0 Å². The Morgan fingerprint density at radius 3 is 3.08 bits per heavy atom. The molecule has 3 heterocycles. The van der Waals surface area contributed by atoms with E-state index in [-0.39, 0.29) is 6.10 Å². The summed E-state index contributed by atoms with van der Waals surface area (Å²) in [4.78, 5) is 10.6. The van der Waals surface area contributed by atoms with Gasteiger partial charge in [-0.3, -0.25) is 9.88 Å². The highest BCUT2D eigenvalue weighted by molar-refractivity contribution is 5.57. The number of aromatic nitrogens is 2. The van der Waals surface area contributed by atoms with Crippen LogP contribution >= 0.6 is 0 Å². The van der Waals surface area contributed by atoms with Gasteiger partial charge in [-0.2, -0.15) is 0 Å². The fourth-order valence-corrected chi connectivity index (χ4v) is 3.26. The summed E-state index contributed by atoms with van der Waals surface area (Å²) in [5.74, 6) is 1.71. The van der Waals surface area contributed by atoms with Crippen LogP contribution in [0, 0.1) is 6.92 Å². The topological polar surface area (TPSA) is 51.4 Å². The average molecular weight is 335 g/mol. The van der Waals surface area contributed by atoms with Crippen LogP contribution in [0.5, 0.6) is 5.75 Å². The molecular formula is C20H21N3O2. The van der Waals surface area contributed by atoms with Crippen LogP contribution in [0.15, 0.2) is 59.6 Å². The summed E-state index contributed by atoms with van der Waals surface area (Å²) >= 11 is 0. The maximum absolute atomic E-state index is 6.10. The fraction of sp³-hybridized carbons (Fsp3) is 0.300. The standard InChI is InChI=1S/C20H21N3O2/c1-15-9-18(5-7-22-15)25-19-6-8-23(13-19)12-16-3-2-4-17(10-16)20-11-21-14-24-20/h2-5,7,9-11,14,19H,6,8,12-13H2,1H3. The molecule has 0 bridgehead atoms. The lowest BCUT2D eigenvalue weighted by atomic mass is 10.1. The van der Waals surface area contributed by atoms with E-state index < -0.39 is 0 Å². The Bertz CT molecular complexity index is 832. The van der Waals surface area contributed by atoms with Crippen LogP contribution in [0.2, 0.25) is 0 Å². The van der Waals surface area contributed by atoms with Crippen LogP contribution < -0.4 is 4.74 Å². The molecule has 128 valence electrons. The maximum atomic E-state index is 6.10. The van der Waals surface area contributed by atoms with E-state index in [1.165, 1.54) is 12.0 Å². The largest absolute Gasteiger partial charge is 0.489 e. The molecule has 1 aliphatic rings. The monoisotopic (exact) mass is 335 g/mol. The molecule has 1 saturated heterocycles. The van der Waals surface area contributed by atoms with E-state index in [0.717, 1.165) is 48.8 Å². The molecule has 4 rings (SSSR count). The summed E-state index contributed by atoms with van der Waals surface area (Å²) in [5, 5.41) is 0. The van der Waals surface area contributed by atoms with E-state index in [9.17, 15) is 0 Å². The van der Waals surface area contributed by atoms with Crippen molar-refractivity contribution in [1.82, 2.24) is 14.9 Å². The number of benzene rings is 1. The number of hydrogen-bond donors (Lipinski definition) is 0. The Kier molecular flexibility index (Phi) is 4.48. The maximum Gasteiger partial charge on any atom is 0.181 e. The Hall–Kier alpha value is -2.66. The zero-order chi connectivity index (χ0) is 17.1. The number of hydrogen-bond acceptors (Lipinski definition) is 5. The van der Waals surface area contributed by atoms with Crippen LogP contribution in [0.4, 0.5) is 0 Å². The van der Waals surface area contributed by atoms with Gasteiger partial charge in [0.15, 0.2) is 12.2 Å². The number of nitrogens with zero attached hydrogens (tertiary/aromatic N) is 3. The van der Waals surface area contributed by atoms with Crippen molar-refractivity contribution >= 4 is 0 Å². The van der Waals surface area contributed by atoms with Gasteiger partial charge in [0.2, 0.25) is 0 Å². The van der Waals surface area contributed by atoms with Gasteiger partial charge in [0, 0.05) is 43.2 Å². The van der Waals surface area contributed by atoms with Crippen molar-refractivity contribution in [3.05, 3.63) is 66.4 Å². The molecule has 0 radical (unpaired) electrons. The first kappa shape index (κ1) is 15.8. The number of likely N-dealkylation sites (tertiary alicyclic amines) is 1. The zero-order valence-electron chi connectivity index (χ0n) is 14.3. The molecule has 1 fully saturated rings. The quantitative estimate of drug-likeness (QED) is 0.711. The Labute approximate surface area is 147 Å². The molecule has 2 aromatic heterocycles. The summed E-state index contributed by atoms with van der Waals surface area (Å²) in [5.41, 5.74) is 3.32. The van der Waals surface area contributed by atoms with Crippen LogP contribution in [-0.2, 0) is 6.54 Å². The van der Waals surface area contributed by atoms with Gasteiger partial charge in [-0.25, -0.2) is 4.98 Å². The van der Waals surface area contributed by atoms with Crippen molar-refractivity contribution in [3.8, 4) is 17.1 Å². The highest BCUT2D eigenvalue weighted by atomic mass is 16.5. The van der Waals surface area contributed by atoms with E-state index in [4.69, 9.17) is 9.15 Å². The van der Waals surface area contributed by atoms with Crippen LogP contribution in [0.1, 0.15) is 17.7 Å². The second-order valence-electron chi connectivity index (χ2n) is 6.46. The molecule has 0 aliphatic carbocycles. The van der Waals surface area contributed by atoms with Crippen molar-refractivity contribution in [2.24, 2.45) is 0 Å². The fourth-order valence-electron chi connectivity index (χ4n) is 3.26. The second kappa shape index (κ2) is 7.07. The van der Waals surface area contributed by atoms with Crippen LogP contribution in [0.25, 0.3) is 11.3 Å². The molecule has 1 aliphatic heterocycles. The van der Waals surface area contributed by atoms with Gasteiger partial charge in [0.05, 0.1) is 6.20 Å².